The molecule has 1 saturated heterocycles. The van der Waals surface area contributed by atoms with Gasteiger partial charge < -0.3 is 9.64 Å². The van der Waals surface area contributed by atoms with E-state index in [9.17, 15) is 27.2 Å². The van der Waals surface area contributed by atoms with Crippen LogP contribution in [0, 0.1) is 5.82 Å². The fourth-order valence-electron chi connectivity index (χ4n) is 2.58. The third-order valence-electron chi connectivity index (χ3n) is 3.48. The third-order valence-corrected chi connectivity index (χ3v) is 3.48. The van der Waals surface area contributed by atoms with Gasteiger partial charge in [0, 0.05) is 6.42 Å². The van der Waals surface area contributed by atoms with Gasteiger partial charge in [-0.1, -0.05) is 12.1 Å². The Bertz CT molecular complexity index is 588. The Kier molecular flexibility index (Phi) is 4.39. The highest BCUT2D eigenvalue weighted by Gasteiger charge is 2.52. The molecule has 1 heterocycles. The molecule has 0 aromatic heterocycles. The molecule has 2 atom stereocenters. The maximum atomic E-state index is 13.4. The monoisotopic (exact) mass is 319 g/mol. The van der Waals surface area contributed by atoms with E-state index >= 15 is 0 Å². The third kappa shape index (κ3) is 3.05. The van der Waals surface area contributed by atoms with Crippen molar-refractivity contribution in [2.45, 2.75) is 31.1 Å². The molecule has 1 aliphatic heterocycles. The van der Waals surface area contributed by atoms with E-state index in [2.05, 4.69) is 4.74 Å². The minimum absolute atomic E-state index is 0.0621. The van der Waals surface area contributed by atoms with Crippen LogP contribution in [0.25, 0.3) is 0 Å². The van der Waals surface area contributed by atoms with Crippen molar-refractivity contribution >= 4 is 11.9 Å². The Morgan fingerprint density at radius 1 is 1.41 bits per heavy atom. The highest BCUT2D eigenvalue weighted by molar-refractivity contribution is 5.88. The number of hydrogen-bond donors (Lipinski definition) is 0. The van der Waals surface area contributed by atoms with Gasteiger partial charge in [-0.2, -0.15) is 13.2 Å². The standard InChI is InChI=1S/C14H13F4NO3/c1-22-13(21)10-5-6-11(20)19(10)12(14(16,17)18)8-3-2-4-9(15)7-8/h2-4,7,10,12H,5-6H2,1H3. The van der Waals surface area contributed by atoms with E-state index in [4.69, 9.17) is 0 Å². The van der Waals surface area contributed by atoms with Crippen LogP contribution in [0.4, 0.5) is 17.6 Å². The molecule has 1 aromatic carbocycles. The lowest BCUT2D eigenvalue weighted by atomic mass is 10.0. The number of esters is 1. The van der Waals surface area contributed by atoms with E-state index in [0.717, 1.165) is 25.3 Å². The topological polar surface area (TPSA) is 46.6 Å². The molecular formula is C14H13F4NO3. The molecule has 4 nitrogen and oxygen atoms in total. The summed E-state index contributed by atoms with van der Waals surface area (Å²) in [4.78, 5) is 24.0. The summed E-state index contributed by atoms with van der Waals surface area (Å²) in [5.41, 5.74) is -0.434. The molecule has 1 aromatic rings. The zero-order valence-electron chi connectivity index (χ0n) is 11.6. The highest BCUT2D eigenvalue weighted by atomic mass is 19.4. The van der Waals surface area contributed by atoms with E-state index in [1.165, 1.54) is 0 Å². The first-order valence-corrected chi connectivity index (χ1v) is 6.47. The number of nitrogens with zero attached hydrogens (tertiary/aromatic N) is 1. The van der Waals surface area contributed by atoms with Gasteiger partial charge in [-0.05, 0) is 24.1 Å². The van der Waals surface area contributed by atoms with Crippen molar-refractivity contribution in [2.75, 3.05) is 7.11 Å². The van der Waals surface area contributed by atoms with Gasteiger partial charge in [0.25, 0.3) is 0 Å². The van der Waals surface area contributed by atoms with Gasteiger partial charge in [0.05, 0.1) is 7.11 Å². The normalized spacial score (nSPS) is 20.1. The molecule has 2 unspecified atom stereocenters. The van der Waals surface area contributed by atoms with Crippen molar-refractivity contribution in [2.24, 2.45) is 0 Å². The SMILES string of the molecule is COC(=O)C1CCC(=O)N1C(c1cccc(F)c1)C(F)(F)F. The molecule has 1 fully saturated rings. The van der Waals surface area contributed by atoms with Gasteiger partial charge in [0.1, 0.15) is 11.9 Å². The Labute approximate surface area is 123 Å². The summed E-state index contributed by atoms with van der Waals surface area (Å²) >= 11 is 0. The molecule has 0 bridgehead atoms. The van der Waals surface area contributed by atoms with E-state index in [1.54, 1.807) is 0 Å². The first-order valence-electron chi connectivity index (χ1n) is 6.47. The van der Waals surface area contributed by atoms with Gasteiger partial charge in [0.15, 0.2) is 6.04 Å². The van der Waals surface area contributed by atoms with Gasteiger partial charge in [-0.25, -0.2) is 9.18 Å². The summed E-state index contributed by atoms with van der Waals surface area (Å²) in [6.07, 6.45) is -5.10. The predicted octanol–water partition coefficient (Wildman–Crippen LogP) is 2.59. The Morgan fingerprint density at radius 2 is 2.09 bits per heavy atom. The molecule has 22 heavy (non-hydrogen) atoms. The number of likely N-dealkylation sites (tertiary alicyclic amines) is 1. The average molecular weight is 319 g/mol. The fourth-order valence-corrected chi connectivity index (χ4v) is 2.58. The van der Waals surface area contributed by atoms with Crippen molar-refractivity contribution in [3.05, 3.63) is 35.6 Å². The van der Waals surface area contributed by atoms with E-state index < -0.39 is 41.5 Å². The van der Waals surface area contributed by atoms with Crippen LogP contribution in [0.3, 0.4) is 0 Å². The van der Waals surface area contributed by atoms with E-state index in [1.807, 2.05) is 0 Å². The maximum absolute atomic E-state index is 13.4. The Morgan fingerprint density at radius 3 is 2.64 bits per heavy atom. The molecule has 0 saturated carbocycles. The number of hydrogen-bond acceptors (Lipinski definition) is 3. The van der Waals surface area contributed by atoms with Crippen molar-refractivity contribution in [1.29, 1.82) is 0 Å². The number of alkyl halides is 3. The number of carbonyl (C=O) groups excluding carboxylic acids is 2. The van der Waals surface area contributed by atoms with Crippen LogP contribution in [0.5, 0.6) is 0 Å². The average Bonchev–Trinajstić information content (AvgIpc) is 2.79. The lowest BCUT2D eigenvalue weighted by molar-refractivity contribution is -0.196. The zero-order valence-corrected chi connectivity index (χ0v) is 11.6. The predicted molar refractivity (Wildman–Crippen MR) is 67.1 cm³/mol. The molecular weight excluding hydrogens is 306 g/mol. The number of amides is 1. The smallest absolute Gasteiger partial charge is 0.413 e. The van der Waals surface area contributed by atoms with Crippen LogP contribution in [-0.2, 0) is 14.3 Å². The molecule has 1 amide bonds. The van der Waals surface area contributed by atoms with Crippen molar-refractivity contribution < 1.29 is 31.9 Å². The number of methoxy groups -OCH3 is 1. The van der Waals surface area contributed by atoms with Gasteiger partial charge in [-0.3, -0.25) is 4.79 Å². The lowest BCUT2D eigenvalue weighted by Crippen LogP contribution is -2.47. The maximum Gasteiger partial charge on any atom is 0.413 e. The van der Waals surface area contributed by atoms with Crippen molar-refractivity contribution in [1.82, 2.24) is 4.90 Å². The van der Waals surface area contributed by atoms with Crippen LogP contribution < -0.4 is 0 Å². The Hall–Kier alpha value is -2.12. The van der Waals surface area contributed by atoms with Crippen LogP contribution in [0.2, 0.25) is 0 Å². The number of carbonyl (C=O) groups is 2. The summed E-state index contributed by atoms with van der Waals surface area (Å²) in [5.74, 6) is -2.59. The van der Waals surface area contributed by atoms with Crippen LogP contribution in [0.1, 0.15) is 24.4 Å². The largest absolute Gasteiger partial charge is 0.467 e. The van der Waals surface area contributed by atoms with Crippen LogP contribution in [0.15, 0.2) is 24.3 Å². The van der Waals surface area contributed by atoms with Crippen molar-refractivity contribution in [3.63, 3.8) is 0 Å². The minimum Gasteiger partial charge on any atom is -0.467 e. The quantitative estimate of drug-likeness (QED) is 0.635. The van der Waals surface area contributed by atoms with Crippen LogP contribution in [-0.4, -0.2) is 36.1 Å². The number of ether oxygens (including phenoxy) is 1. The van der Waals surface area contributed by atoms with Crippen LogP contribution >= 0.6 is 0 Å². The lowest BCUT2D eigenvalue weighted by Gasteiger charge is -2.33. The molecule has 0 N–H and O–H groups in total. The molecule has 120 valence electrons. The summed E-state index contributed by atoms with van der Waals surface area (Å²) in [7, 11) is 1.04. The van der Waals surface area contributed by atoms with Gasteiger partial charge >= 0.3 is 12.1 Å². The Balaban J connectivity index is 2.49. The fraction of sp³-hybridized carbons (Fsp3) is 0.429. The molecule has 0 aliphatic carbocycles. The molecule has 0 spiro atoms. The molecule has 1 aliphatic rings. The van der Waals surface area contributed by atoms with Gasteiger partial charge in [-0.15, -0.1) is 0 Å². The first-order chi connectivity index (χ1) is 10.3. The van der Waals surface area contributed by atoms with E-state index in [-0.39, 0.29) is 12.8 Å². The summed E-state index contributed by atoms with van der Waals surface area (Å²) < 4.78 is 58.0. The van der Waals surface area contributed by atoms with E-state index in [0.29, 0.717) is 11.0 Å². The second-order valence-electron chi connectivity index (χ2n) is 4.88. The summed E-state index contributed by atoms with van der Waals surface area (Å²) in [5, 5.41) is 0. The van der Waals surface area contributed by atoms with Gasteiger partial charge in [0.2, 0.25) is 5.91 Å². The first kappa shape index (κ1) is 16.3. The zero-order chi connectivity index (χ0) is 16.5. The summed E-state index contributed by atoms with van der Waals surface area (Å²) in [6.45, 7) is 0. The molecule has 0 radical (unpaired) electrons. The summed E-state index contributed by atoms with van der Waals surface area (Å²) in [6, 6.07) is 0.186. The molecule has 8 heteroatoms. The molecule has 2 rings (SSSR count). The number of benzene rings is 1. The number of halogens is 4. The minimum atomic E-state index is -4.85. The second kappa shape index (κ2) is 5.94. The second-order valence-corrected chi connectivity index (χ2v) is 4.88. The number of rotatable bonds is 3. The highest BCUT2D eigenvalue weighted by Crippen LogP contribution is 2.42. The van der Waals surface area contributed by atoms with Crippen molar-refractivity contribution in [3.8, 4) is 0 Å².